The number of likely N-dealkylation sites (N-methyl/N-ethyl adjacent to an activating group) is 1. The molecule has 0 radical (unpaired) electrons. The molecular weight excluding hydrogens is 242 g/mol. The van der Waals surface area contributed by atoms with Crippen LogP contribution in [0.2, 0.25) is 0 Å². The third-order valence-electron chi connectivity index (χ3n) is 2.42. The van der Waals surface area contributed by atoms with Crippen molar-refractivity contribution in [1.29, 1.82) is 0 Å². The molecule has 0 spiro atoms. The van der Waals surface area contributed by atoms with Gasteiger partial charge in [0.25, 0.3) is 0 Å². The standard InChI is InChI=1S/C12H16F2N2O2/c1-16(7-9(15)5-12(17)18)6-8-2-3-10(13)11(14)4-8/h2-4,9H,5-7,15H2,1H3,(H,17,18). The molecule has 6 heteroatoms. The molecule has 0 heterocycles. The number of aliphatic carboxylic acids is 1. The van der Waals surface area contributed by atoms with Crippen molar-refractivity contribution in [3.8, 4) is 0 Å². The first kappa shape index (κ1) is 14.5. The van der Waals surface area contributed by atoms with E-state index in [9.17, 15) is 13.6 Å². The number of carboxylic acid groups (broad SMARTS) is 1. The predicted molar refractivity (Wildman–Crippen MR) is 62.9 cm³/mol. The van der Waals surface area contributed by atoms with E-state index in [4.69, 9.17) is 10.8 Å². The Hall–Kier alpha value is -1.53. The number of hydrogen-bond donors (Lipinski definition) is 2. The highest BCUT2D eigenvalue weighted by molar-refractivity contribution is 5.67. The molecule has 0 fully saturated rings. The molecule has 3 N–H and O–H groups in total. The largest absolute Gasteiger partial charge is 0.481 e. The molecule has 0 aliphatic carbocycles. The zero-order valence-electron chi connectivity index (χ0n) is 10.1. The van der Waals surface area contributed by atoms with Crippen LogP contribution in [-0.4, -0.2) is 35.6 Å². The summed E-state index contributed by atoms with van der Waals surface area (Å²) in [7, 11) is 1.74. The lowest BCUT2D eigenvalue weighted by Crippen LogP contribution is -2.36. The van der Waals surface area contributed by atoms with Crippen LogP contribution in [0.4, 0.5) is 8.78 Å². The Labute approximate surface area is 104 Å². The van der Waals surface area contributed by atoms with Crippen LogP contribution in [0.15, 0.2) is 18.2 Å². The number of carboxylic acids is 1. The smallest absolute Gasteiger partial charge is 0.304 e. The molecule has 0 saturated heterocycles. The van der Waals surface area contributed by atoms with Gasteiger partial charge in [-0.3, -0.25) is 4.79 Å². The topological polar surface area (TPSA) is 66.6 Å². The molecule has 0 aromatic heterocycles. The summed E-state index contributed by atoms with van der Waals surface area (Å²) in [6.45, 7) is 0.746. The summed E-state index contributed by atoms with van der Waals surface area (Å²) in [5, 5.41) is 8.56. The van der Waals surface area contributed by atoms with Crippen LogP contribution >= 0.6 is 0 Å². The molecule has 0 aliphatic heterocycles. The summed E-state index contributed by atoms with van der Waals surface area (Å²) in [6.07, 6.45) is -0.123. The first-order valence-corrected chi connectivity index (χ1v) is 5.48. The zero-order chi connectivity index (χ0) is 13.7. The molecule has 0 aliphatic rings. The highest BCUT2D eigenvalue weighted by atomic mass is 19.2. The van der Waals surface area contributed by atoms with Crippen molar-refractivity contribution in [2.45, 2.75) is 19.0 Å². The molecule has 18 heavy (non-hydrogen) atoms. The minimum atomic E-state index is -0.955. The summed E-state index contributed by atoms with van der Waals surface area (Å²) in [4.78, 5) is 12.2. The van der Waals surface area contributed by atoms with Gasteiger partial charge >= 0.3 is 5.97 Å². The lowest BCUT2D eigenvalue weighted by Gasteiger charge is -2.20. The summed E-state index contributed by atoms with van der Waals surface area (Å²) >= 11 is 0. The van der Waals surface area contributed by atoms with Crippen LogP contribution in [0, 0.1) is 11.6 Å². The van der Waals surface area contributed by atoms with Gasteiger partial charge in [-0.15, -0.1) is 0 Å². The van der Waals surface area contributed by atoms with E-state index in [1.165, 1.54) is 6.07 Å². The molecule has 1 atom stereocenters. The predicted octanol–water partition coefficient (Wildman–Crippen LogP) is 1.20. The fraction of sp³-hybridized carbons (Fsp3) is 0.417. The summed E-state index contributed by atoms with van der Waals surface area (Å²) in [5.74, 6) is -2.73. The van der Waals surface area contributed by atoms with E-state index in [1.54, 1.807) is 11.9 Å². The first-order valence-electron chi connectivity index (χ1n) is 5.48. The van der Waals surface area contributed by atoms with Gasteiger partial charge in [0.2, 0.25) is 0 Å². The Bertz CT molecular complexity index is 427. The molecule has 1 unspecified atom stereocenters. The van der Waals surface area contributed by atoms with Gasteiger partial charge in [0.1, 0.15) is 0 Å². The molecule has 1 aromatic rings. The average Bonchev–Trinajstić information content (AvgIpc) is 2.21. The van der Waals surface area contributed by atoms with E-state index in [0.717, 1.165) is 12.1 Å². The van der Waals surface area contributed by atoms with Gasteiger partial charge in [-0.1, -0.05) is 6.07 Å². The summed E-state index contributed by atoms with van der Waals surface area (Å²) in [6, 6.07) is 3.18. The maximum Gasteiger partial charge on any atom is 0.304 e. The van der Waals surface area contributed by atoms with Crippen LogP contribution < -0.4 is 5.73 Å². The van der Waals surface area contributed by atoms with Crippen LogP contribution in [0.5, 0.6) is 0 Å². The van der Waals surface area contributed by atoms with Gasteiger partial charge in [-0.05, 0) is 24.7 Å². The molecule has 100 valence electrons. The number of carbonyl (C=O) groups is 1. The average molecular weight is 258 g/mol. The van der Waals surface area contributed by atoms with Gasteiger partial charge in [0.05, 0.1) is 6.42 Å². The number of halogens is 2. The fourth-order valence-electron chi connectivity index (χ4n) is 1.70. The third-order valence-corrected chi connectivity index (χ3v) is 2.42. The van der Waals surface area contributed by atoms with Crippen molar-refractivity contribution in [3.63, 3.8) is 0 Å². The second-order valence-electron chi connectivity index (χ2n) is 4.30. The fourth-order valence-corrected chi connectivity index (χ4v) is 1.70. The second kappa shape index (κ2) is 6.42. The quantitative estimate of drug-likeness (QED) is 0.804. The van der Waals surface area contributed by atoms with Crippen LogP contribution in [-0.2, 0) is 11.3 Å². The second-order valence-corrected chi connectivity index (χ2v) is 4.30. The molecule has 0 amide bonds. The first-order chi connectivity index (χ1) is 8.38. The minimum absolute atomic E-state index is 0.123. The Morgan fingerprint density at radius 1 is 1.44 bits per heavy atom. The number of rotatable bonds is 6. The zero-order valence-corrected chi connectivity index (χ0v) is 10.1. The van der Waals surface area contributed by atoms with Crippen molar-refractivity contribution in [2.75, 3.05) is 13.6 Å². The lowest BCUT2D eigenvalue weighted by atomic mass is 10.1. The molecule has 4 nitrogen and oxygen atoms in total. The van der Waals surface area contributed by atoms with Crippen molar-refractivity contribution < 1.29 is 18.7 Å². The van der Waals surface area contributed by atoms with Gasteiger partial charge in [0.15, 0.2) is 11.6 Å². The Morgan fingerprint density at radius 2 is 2.11 bits per heavy atom. The Kier molecular flexibility index (Phi) is 5.18. The van der Waals surface area contributed by atoms with E-state index in [2.05, 4.69) is 0 Å². The van der Waals surface area contributed by atoms with E-state index in [0.29, 0.717) is 18.7 Å². The van der Waals surface area contributed by atoms with Gasteiger partial charge in [0, 0.05) is 19.1 Å². The highest BCUT2D eigenvalue weighted by Gasteiger charge is 2.11. The highest BCUT2D eigenvalue weighted by Crippen LogP contribution is 2.10. The minimum Gasteiger partial charge on any atom is -0.481 e. The molecule has 1 rings (SSSR count). The molecule has 1 aromatic carbocycles. The molecule has 0 bridgehead atoms. The SMILES string of the molecule is CN(Cc1ccc(F)c(F)c1)CC(N)CC(=O)O. The molecular formula is C12H16F2N2O2. The summed E-state index contributed by atoms with van der Waals surface area (Å²) in [5.41, 5.74) is 6.24. The van der Waals surface area contributed by atoms with Crippen molar-refractivity contribution in [3.05, 3.63) is 35.4 Å². The van der Waals surface area contributed by atoms with E-state index < -0.39 is 23.6 Å². The number of nitrogens with zero attached hydrogens (tertiary/aromatic N) is 1. The molecule has 0 saturated carbocycles. The van der Waals surface area contributed by atoms with Gasteiger partial charge < -0.3 is 15.7 Å². The van der Waals surface area contributed by atoms with Crippen LogP contribution in [0.3, 0.4) is 0 Å². The van der Waals surface area contributed by atoms with Crippen LogP contribution in [0.25, 0.3) is 0 Å². The van der Waals surface area contributed by atoms with Crippen molar-refractivity contribution in [2.24, 2.45) is 5.73 Å². The Balaban J connectivity index is 2.51. The summed E-state index contributed by atoms with van der Waals surface area (Å²) < 4.78 is 25.7. The van der Waals surface area contributed by atoms with Crippen molar-refractivity contribution in [1.82, 2.24) is 4.90 Å². The Morgan fingerprint density at radius 3 is 2.67 bits per heavy atom. The normalized spacial score (nSPS) is 12.7. The van der Waals surface area contributed by atoms with Crippen molar-refractivity contribution >= 4 is 5.97 Å². The number of benzene rings is 1. The lowest BCUT2D eigenvalue weighted by molar-refractivity contribution is -0.137. The van der Waals surface area contributed by atoms with Crippen LogP contribution in [0.1, 0.15) is 12.0 Å². The maximum atomic E-state index is 13.0. The van der Waals surface area contributed by atoms with E-state index in [1.807, 2.05) is 0 Å². The van der Waals surface area contributed by atoms with E-state index >= 15 is 0 Å². The van der Waals surface area contributed by atoms with Gasteiger partial charge in [-0.25, -0.2) is 8.78 Å². The third kappa shape index (κ3) is 4.77. The maximum absolute atomic E-state index is 13.0. The van der Waals surface area contributed by atoms with Gasteiger partial charge in [-0.2, -0.15) is 0 Å². The number of hydrogen-bond acceptors (Lipinski definition) is 3. The monoisotopic (exact) mass is 258 g/mol. The number of nitrogens with two attached hydrogens (primary N) is 1. The van der Waals surface area contributed by atoms with E-state index in [-0.39, 0.29) is 6.42 Å².